The predicted octanol–water partition coefficient (Wildman–Crippen LogP) is 4.13. The van der Waals surface area contributed by atoms with E-state index in [9.17, 15) is 4.39 Å². The summed E-state index contributed by atoms with van der Waals surface area (Å²) >= 11 is 9.44. The fourth-order valence-electron chi connectivity index (χ4n) is 2.23. The summed E-state index contributed by atoms with van der Waals surface area (Å²) in [4.78, 5) is 0. The summed E-state index contributed by atoms with van der Waals surface area (Å²) in [5, 5.41) is 3.88. The van der Waals surface area contributed by atoms with Crippen LogP contribution in [0.1, 0.15) is 24.8 Å². The molecular formula is C13H16BrClFN. The highest BCUT2D eigenvalue weighted by Crippen LogP contribution is 2.25. The molecule has 1 aliphatic rings. The molecule has 0 aromatic heterocycles. The molecular weight excluding hydrogens is 305 g/mol. The zero-order valence-electron chi connectivity index (χ0n) is 9.56. The standard InChI is InChI=1S/C13H16BrClFN/c14-10-5-4-9(11(15)8-10)7-12(16)13-3-1-2-6-17-13/h4-5,8,12-13,17H,1-3,6-7H2. The van der Waals surface area contributed by atoms with E-state index in [1.165, 1.54) is 0 Å². The molecule has 94 valence electrons. The van der Waals surface area contributed by atoms with Gasteiger partial charge in [0.1, 0.15) is 6.17 Å². The Balaban J connectivity index is 1.99. The Bertz CT molecular complexity index is 380. The monoisotopic (exact) mass is 319 g/mol. The van der Waals surface area contributed by atoms with E-state index >= 15 is 0 Å². The van der Waals surface area contributed by atoms with E-state index in [0.717, 1.165) is 35.8 Å². The molecule has 1 saturated heterocycles. The van der Waals surface area contributed by atoms with Crippen molar-refractivity contribution in [1.82, 2.24) is 5.32 Å². The average molecular weight is 321 g/mol. The van der Waals surface area contributed by atoms with E-state index in [1.807, 2.05) is 18.2 Å². The fourth-order valence-corrected chi connectivity index (χ4v) is 2.98. The zero-order chi connectivity index (χ0) is 12.3. The molecule has 0 saturated carbocycles. The van der Waals surface area contributed by atoms with Gasteiger partial charge in [0.05, 0.1) is 0 Å². The topological polar surface area (TPSA) is 12.0 Å². The third-order valence-corrected chi connectivity index (χ3v) is 4.06. The molecule has 0 aliphatic carbocycles. The Labute approximate surface area is 115 Å². The van der Waals surface area contributed by atoms with Crippen LogP contribution < -0.4 is 5.32 Å². The summed E-state index contributed by atoms with van der Waals surface area (Å²) in [7, 11) is 0. The molecule has 0 amide bonds. The Hall–Kier alpha value is -0.120. The second-order valence-electron chi connectivity index (χ2n) is 4.51. The molecule has 17 heavy (non-hydrogen) atoms. The van der Waals surface area contributed by atoms with E-state index in [1.54, 1.807) is 0 Å². The van der Waals surface area contributed by atoms with Gasteiger partial charge in [0.15, 0.2) is 0 Å². The maximum absolute atomic E-state index is 14.1. The summed E-state index contributed by atoms with van der Waals surface area (Å²) in [5.41, 5.74) is 0.884. The molecule has 1 aromatic rings. The lowest BCUT2D eigenvalue weighted by Crippen LogP contribution is -2.42. The Morgan fingerprint density at radius 1 is 1.47 bits per heavy atom. The van der Waals surface area contributed by atoms with Gasteiger partial charge in [0.25, 0.3) is 0 Å². The molecule has 2 atom stereocenters. The minimum Gasteiger partial charge on any atom is -0.311 e. The molecule has 1 aromatic carbocycles. The molecule has 2 unspecified atom stereocenters. The first-order chi connectivity index (χ1) is 8.16. The number of piperidine rings is 1. The maximum atomic E-state index is 14.1. The van der Waals surface area contributed by atoms with Crippen molar-refractivity contribution in [3.8, 4) is 0 Å². The molecule has 1 heterocycles. The van der Waals surface area contributed by atoms with E-state index in [0.29, 0.717) is 11.4 Å². The van der Waals surface area contributed by atoms with Crippen molar-refractivity contribution in [1.29, 1.82) is 0 Å². The first kappa shape index (κ1) is 13.3. The summed E-state index contributed by atoms with van der Waals surface area (Å²) in [6.07, 6.45) is 2.74. The van der Waals surface area contributed by atoms with Crippen molar-refractivity contribution < 1.29 is 4.39 Å². The first-order valence-corrected chi connectivity index (χ1v) is 7.15. The summed E-state index contributed by atoms with van der Waals surface area (Å²) < 4.78 is 15.1. The van der Waals surface area contributed by atoms with Gasteiger partial charge >= 0.3 is 0 Å². The van der Waals surface area contributed by atoms with E-state index in [2.05, 4.69) is 21.2 Å². The van der Waals surface area contributed by atoms with Gasteiger partial charge in [-0.05, 0) is 37.1 Å². The molecule has 1 N–H and O–H groups in total. The maximum Gasteiger partial charge on any atom is 0.119 e. The van der Waals surface area contributed by atoms with Crippen molar-refractivity contribution in [2.75, 3.05) is 6.54 Å². The summed E-state index contributed by atoms with van der Waals surface area (Å²) in [6.45, 7) is 0.930. The molecule has 4 heteroatoms. The van der Waals surface area contributed by atoms with Crippen LogP contribution in [0.4, 0.5) is 4.39 Å². The number of hydrogen-bond acceptors (Lipinski definition) is 1. The van der Waals surface area contributed by atoms with Gasteiger partial charge in [-0.1, -0.05) is 40.0 Å². The normalized spacial score (nSPS) is 22.4. The molecule has 2 rings (SSSR count). The van der Waals surface area contributed by atoms with Crippen LogP contribution in [0.5, 0.6) is 0 Å². The number of rotatable bonds is 3. The molecule has 0 spiro atoms. The van der Waals surface area contributed by atoms with E-state index in [4.69, 9.17) is 11.6 Å². The Morgan fingerprint density at radius 3 is 2.94 bits per heavy atom. The molecule has 1 nitrogen and oxygen atoms in total. The fraction of sp³-hybridized carbons (Fsp3) is 0.538. The van der Waals surface area contributed by atoms with Crippen LogP contribution in [-0.4, -0.2) is 18.8 Å². The van der Waals surface area contributed by atoms with E-state index < -0.39 is 6.17 Å². The lowest BCUT2D eigenvalue weighted by atomic mass is 9.96. The molecule has 0 bridgehead atoms. The van der Waals surface area contributed by atoms with Crippen LogP contribution in [0.15, 0.2) is 22.7 Å². The Morgan fingerprint density at radius 2 is 2.29 bits per heavy atom. The largest absolute Gasteiger partial charge is 0.311 e. The minimum absolute atomic E-state index is 0.0107. The van der Waals surface area contributed by atoms with Gasteiger partial charge in [-0.25, -0.2) is 4.39 Å². The predicted molar refractivity (Wildman–Crippen MR) is 73.4 cm³/mol. The van der Waals surface area contributed by atoms with Crippen LogP contribution in [0.2, 0.25) is 5.02 Å². The van der Waals surface area contributed by atoms with Gasteiger partial charge in [0.2, 0.25) is 0 Å². The highest BCUT2D eigenvalue weighted by atomic mass is 79.9. The van der Waals surface area contributed by atoms with Gasteiger partial charge in [0, 0.05) is 22.0 Å². The summed E-state index contributed by atoms with van der Waals surface area (Å²) in [6, 6.07) is 5.60. The van der Waals surface area contributed by atoms with Crippen molar-refractivity contribution in [3.05, 3.63) is 33.3 Å². The van der Waals surface area contributed by atoms with Crippen molar-refractivity contribution in [2.45, 2.75) is 37.9 Å². The number of hydrogen-bond donors (Lipinski definition) is 1. The number of halogens is 3. The van der Waals surface area contributed by atoms with Crippen molar-refractivity contribution >= 4 is 27.5 Å². The Kier molecular flexibility index (Phi) is 4.83. The summed E-state index contributed by atoms with van der Waals surface area (Å²) in [5.74, 6) is 0. The average Bonchev–Trinajstić information content (AvgIpc) is 2.34. The zero-order valence-corrected chi connectivity index (χ0v) is 11.9. The lowest BCUT2D eigenvalue weighted by Gasteiger charge is -2.26. The molecule has 1 fully saturated rings. The third-order valence-electron chi connectivity index (χ3n) is 3.22. The lowest BCUT2D eigenvalue weighted by molar-refractivity contribution is 0.217. The number of benzene rings is 1. The number of alkyl halides is 1. The van der Waals surface area contributed by atoms with Crippen molar-refractivity contribution in [2.24, 2.45) is 0 Å². The van der Waals surface area contributed by atoms with Crippen LogP contribution in [0, 0.1) is 0 Å². The molecule has 1 aliphatic heterocycles. The second kappa shape index (κ2) is 6.17. The highest BCUT2D eigenvalue weighted by Gasteiger charge is 2.23. The van der Waals surface area contributed by atoms with Crippen LogP contribution >= 0.6 is 27.5 Å². The number of nitrogens with one attached hydrogen (secondary N) is 1. The second-order valence-corrected chi connectivity index (χ2v) is 5.84. The molecule has 0 radical (unpaired) electrons. The van der Waals surface area contributed by atoms with Gasteiger partial charge in [-0.3, -0.25) is 0 Å². The highest BCUT2D eigenvalue weighted by molar-refractivity contribution is 9.10. The third kappa shape index (κ3) is 3.67. The van der Waals surface area contributed by atoms with E-state index in [-0.39, 0.29) is 6.04 Å². The van der Waals surface area contributed by atoms with Gasteiger partial charge in [-0.2, -0.15) is 0 Å². The smallest absolute Gasteiger partial charge is 0.119 e. The SMILES string of the molecule is FC(Cc1ccc(Br)cc1Cl)C1CCCCN1. The van der Waals surface area contributed by atoms with Crippen molar-refractivity contribution in [3.63, 3.8) is 0 Å². The van der Waals surface area contributed by atoms with Crippen LogP contribution in [0.3, 0.4) is 0 Å². The first-order valence-electron chi connectivity index (χ1n) is 5.98. The van der Waals surface area contributed by atoms with Crippen LogP contribution in [-0.2, 0) is 6.42 Å². The minimum atomic E-state index is -0.853. The van der Waals surface area contributed by atoms with Crippen LogP contribution in [0.25, 0.3) is 0 Å². The van der Waals surface area contributed by atoms with Gasteiger partial charge in [-0.15, -0.1) is 0 Å². The quantitative estimate of drug-likeness (QED) is 0.883. The van der Waals surface area contributed by atoms with Gasteiger partial charge < -0.3 is 5.32 Å².